The van der Waals surface area contributed by atoms with Crippen LogP contribution in [0.2, 0.25) is 0 Å². The molecule has 0 unspecified atom stereocenters. The average molecular weight is 423 g/mol. The minimum absolute atomic E-state index is 0.0293. The molecule has 9 nitrogen and oxygen atoms in total. The summed E-state index contributed by atoms with van der Waals surface area (Å²) in [6.45, 7) is 2.08. The number of carbonyl (C=O) groups excluding carboxylic acids is 1. The molecular formula is C19H25N3O6S. The third-order valence-corrected chi connectivity index (χ3v) is 6.72. The molecule has 0 radical (unpaired) electrons. The Morgan fingerprint density at radius 2 is 2.00 bits per heavy atom. The van der Waals surface area contributed by atoms with E-state index in [0.717, 1.165) is 0 Å². The number of benzene rings is 1. The lowest BCUT2D eigenvalue weighted by Gasteiger charge is -2.26. The first kappa shape index (κ1) is 21.4. The number of ether oxygens (including phenoxy) is 2. The van der Waals surface area contributed by atoms with Crippen molar-refractivity contribution in [2.24, 2.45) is 7.05 Å². The summed E-state index contributed by atoms with van der Waals surface area (Å²) in [5.74, 6) is -0.495. The number of aromatic nitrogens is 1. The third-order valence-electron chi connectivity index (χ3n) is 4.82. The predicted molar refractivity (Wildman–Crippen MR) is 108 cm³/mol. The van der Waals surface area contributed by atoms with E-state index in [4.69, 9.17) is 9.47 Å². The second-order valence-electron chi connectivity index (χ2n) is 6.78. The third kappa shape index (κ3) is 4.50. The van der Waals surface area contributed by atoms with Gasteiger partial charge in [-0.1, -0.05) is 0 Å². The fourth-order valence-corrected chi connectivity index (χ4v) is 4.68. The van der Waals surface area contributed by atoms with E-state index in [1.54, 1.807) is 24.8 Å². The number of fused-ring (bicyclic) bond motifs is 1. The van der Waals surface area contributed by atoms with Gasteiger partial charge in [0.2, 0.25) is 15.5 Å². The highest BCUT2D eigenvalue weighted by molar-refractivity contribution is 7.89. The highest BCUT2D eigenvalue weighted by atomic mass is 32.2. The molecule has 158 valence electrons. The molecule has 1 aromatic heterocycles. The second-order valence-corrected chi connectivity index (χ2v) is 8.72. The Kier molecular flexibility index (Phi) is 6.68. The molecule has 0 aliphatic carbocycles. The van der Waals surface area contributed by atoms with Crippen molar-refractivity contribution < 1.29 is 22.7 Å². The van der Waals surface area contributed by atoms with E-state index in [-0.39, 0.29) is 28.9 Å². The van der Waals surface area contributed by atoms with Crippen LogP contribution in [0.5, 0.6) is 0 Å². The molecule has 10 heteroatoms. The fraction of sp³-hybridized carbons (Fsp3) is 0.474. The van der Waals surface area contributed by atoms with E-state index in [9.17, 15) is 18.0 Å². The van der Waals surface area contributed by atoms with Gasteiger partial charge in [0.15, 0.2) is 0 Å². The molecule has 0 saturated carbocycles. The van der Waals surface area contributed by atoms with E-state index >= 15 is 0 Å². The summed E-state index contributed by atoms with van der Waals surface area (Å²) in [7, 11) is -0.465. The maximum atomic E-state index is 12.9. The van der Waals surface area contributed by atoms with Crippen LogP contribution in [-0.2, 0) is 26.5 Å². The van der Waals surface area contributed by atoms with Crippen molar-refractivity contribution in [3.8, 4) is 0 Å². The van der Waals surface area contributed by atoms with Crippen molar-refractivity contribution in [1.29, 1.82) is 0 Å². The number of aryl methyl sites for hydroxylation is 1. The largest absolute Gasteiger partial charge is 0.385 e. The Bertz CT molecular complexity index is 1060. The number of hydrogen-bond donors (Lipinski definition) is 1. The second kappa shape index (κ2) is 9.04. The normalized spacial score (nSPS) is 15.5. The molecule has 1 saturated heterocycles. The number of nitrogens with zero attached hydrogens (tertiary/aromatic N) is 2. The van der Waals surface area contributed by atoms with Crippen LogP contribution in [0.25, 0.3) is 10.9 Å². The highest BCUT2D eigenvalue weighted by Crippen LogP contribution is 2.21. The number of methoxy groups -OCH3 is 1. The Balaban J connectivity index is 1.98. The van der Waals surface area contributed by atoms with Crippen molar-refractivity contribution in [1.82, 2.24) is 14.2 Å². The van der Waals surface area contributed by atoms with Gasteiger partial charge in [0, 0.05) is 52.0 Å². The summed E-state index contributed by atoms with van der Waals surface area (Å²) in [5.41, 5.74) is 0.0200. The Hall–Kier alpha value is -2.27. The molecule has 1 aliphatic rings. The van der Waals surface area contributed by atoms with Crippen LogP contribution in [0.4, 0.5) is 0 Å². The zero-order chi connectivity index (χ0) is 21.0. The van der Waals surface area contributed by atoms with E-state index in [1.807, 2.05) is 0 Å². The van der Waals surface area contributed by atoms with Gasteiger partial charge in [0.25, 0.3) is 5.91 Å². The molecule has 1 fully saturated rings. The maximum Gasteiger partial charge on any atom is 0.256 e. The van der Waals surface area contributed by atoms with Crippen molar-refractivity contribution in [3.05, 3.63) is 40.2 Å². The molecule has 1 aromatic carbocycles. The van der Waals surface area contributed by atoms with Crippen LogP contribution in [-0.4, -0.2) is 69.8 Å². The predicted octanol–water partition coefficient (Wildman–Crippen LogP) is 0.326. The van der Waals surface area contributed by atoms with Gasteiger partial charge in [-0.15, -0.1) is 0 Å². The summed E-state index contributed by atoms with van der Waals surface area (Å²) in [4.78, 5) is 25.4. The number of pyridine rings is 1. The molecule has 0 bridgehead atoms. The van der Waals surface area contributed by atoms with Crippen LogP contribution in [0, 0.1) is 0 Å². The number of hydrogen-bond acceptors (Lipinski definition) is 6. The zero-order valence-electron chi connectivity index (χ0n) is 16.5. The summed E-state index contributed by atoms with van der Waals surface area (Å²) in [5, 5.41) is 2.88. The van der Waals surface area contributed by atoms with Gasteiger partial charge in [-0.3, -0.25) is 9.59 Å². The van der Waals surface area contributed by atoms with Crippen molar-refractivity contribution >= 4 is 26.8 Å². The molecule has 3 rings (SSSR count). The number of morpholine rings is 1. The van der Waals surface area contributed by atoms with E-state index < -0.39 is 21.4 Å². The number of rotatable bonds is 7. The summed E-state index contributed by atoms with van der Waals surface area (Å²) in [6.07, 6.45) is 2.09. The van der Waals surface area contributed by atoms with Crippen LogP contribution in [0.15, 0.2) is 34.1 Å². The lowest BCUT2D eigenvalue weighted by molar-refractivity contribution is 0.0730. The fourth-order valence-electron chi connectivity index (χ4n) is 3.24. The first-order valence-corrected chi connectivity index (χ1v) is 10.8. The molecule has 0 atom stereocenters. The lowest BCUT2D eigenvalue weighted by Crippen LogP contribution is -2.40. The maximum absolute atomic E-state index is 12.9. The molecule has 2 heterocycles. The Labute approximate surface area is 169 Å². The summed E-state index contributed by atoms with van der Waals surface area (Å²) in [6, 6.07) is 4.42. The van der Waals surface area contributed by atoms with E-state index in [2.05, 4.69) is 5.32 Å². The summed E-state index contributed by atoms with van der Waals surface area (Å²) >= 11 is 0. The molecule has 29 heavy (non-hydrogen) atoms. The van der Waals surface area contributed by atoms with Gasteiger partial charge >= 0.3 is 0 Å². The molecule has 0 spiro atoms. The van der Waals surface area contributed by atoms with Crippen LogP contribution in [0.1, 0.15) is 16.8 Å². The van der Waals surface area contributed by atoms with Crippen LogP contribution >= 0.6 is 0 Å². The van der Waals surface area contributed by atoms with Gasteiger partial charge in [-0.05, 0) is 24.6 Å². The first-order chi connectivity index (χ1) is 13.9. The van der Waals surface area contributed by atoms with Gasteiger partial charge in [0.1, 0.15) is 5.56 Å². The minimum atomic E-state index is -3.75. The number of sulfonamides is 1. The van der Waals surface area contributed by atoms with Gasteiger partial charge < -0.3 is 19.4 Å². The highest BCUT2D eigenvalue weighted by Gasteiger charge is 2.27. The van der Waals surface area contributed by atoms with Crippen molar-refractivity contribution in [2.75, 3.05) is 46.6 Å². The van der Waals surface area contributed by atoms with Crippen molar-refractivity contribution in [2.45, 2.75) is 11.3 Å². The smallest absolute Gasteiger partial charge is 0.256 e. The lowest BCUT2D eigenvalue weighted by atomic mass is 10.1. The molecule has 1 aliphatic heterocycles. The van der Waals surface area contributed by atoms with Gasteiger partial charge in [-0.25, -0.2) is 8.42 Å². The van der Waals surface area contributed by atoms with Gasteiger partial charge in [0.05, 0.1) is 23.6 Å². The molecule has 2 aromatic rings. The van der Waals surface area contributed by atoms with E-state index in [0.29, 0.717) is 38.3 Å². The molecule has 1 N–H and O–H groups in total. The van der Waals surface area contributed by atoms with Crippen molar-refractivity contribution in [3.63, 3.8) is 0 Å². The SMILES string of the molecule is COCCCNC(=O)c1cn(C)c2ccc(S(=O)(=O)N3CCOCC3)cc2c1=O. The Morgan fingerprint density at radius 3 is 2.69 bits per heavy atom. The quantitative estimate of drug-likeness (QED) is 0.643. The molecule has 1 amide bonds. The number of amides is 1. The van der Waals surface area contributed by atoms with Gasteiger partial charge in [-0.2, -0.15) is 4.31 Å². The topological polar surface area (TPSA) is 107 Å². The monoisotopic (exact) mass is 423 g/mol. The first-order valence-electron chi connectivity index (χ1n) is 9.34. The zero-order valence-corrected chi connectivity index (χ0v) is 17.3. The average Bonchev–Trinajstić information content (AvgIpc) is 2.74. The molecular weight excluding hydrogens is 398 g/mol. The van der Waals surface area contributed by atoms with Crippen LogP contribution in [0.3, 0.4) is 0 Å². The Morgan fingerprint density at radius 1 is 1.28 bits per heavy atom. The summed E-state index contributed by atoms with van der Waals surface area (Å²) < 4.78 is 39.0. The number of carbonyl (C=O) groups is 1. The van der Waals surface area contributed by atoms with Crippen LogP contribution < -0.4 is 10.7 Å². The van der Waals surface area contributed by atoms with E-state index in [1.165, 1.54) is 22.6 Å². The number of nitrogens with one attached hydrogen (secondary N) is 1. The minimum Gasteiger partial charge on any atom is -0.385 e. The standard InChI is InChI=1S/C19H25N3O6S/c1-21-13-16(19(24)20-6-3-9-27-2)18(23)15-12-14(4-5-17(15)21)29(25,26)22-7-10-28-11-8-22/h4-5,12-13H,3,6-11H2,1-2H3,(H,20,24).